The second kappa shape index (κ2) is 5.47. The van der Waals surface area contributed by atoms with Gasteiger partial charge in [0.2, 0.25) is 0 Å². The van der Waals surface area contributed by atoms with Crippen molar-refractivity contribution in [2.45, 2.75) is 44.1 Å². The molecule has 0 spiro atoms. The molecule has 1 amide bonds. The van der Waals surface area contributed by atoms with Crippen LogP contribution in [0.1, 0.15) is 49.0 Å². The van der Waals surface area contributed by atoms with Crippen molar-refractivity contribution in [3.8, 4) is 0 Å². The lowest BCUT2D eigenvalue weighted by molar-refractivity contribution is -0.140. The molecule has 0 aliphatic heterocycles. The molecule has 104 valence electrons. The number of nitrogens with one attached hydrogen (secondary N) is 1. The van der Waals surface area contributed by atoms with E-state index >= 15 is 0 Å². The van der Waals surface area contributed by atoms with E-state index in [1.807, 2.05) is 0 Å². The Hall–Kier alpha value is -1.78. The second-order valence-electron chi connectivity index (χ2n) is 5.30. The highest BCUT2D eigenvalue weighted by Crippen LogP contribution is 2.36. The number of aromatic nitrogens is 1. The van der Waals surface area contributed by atoms with Crippen molar-refractivity contribution in [3.05, 3.63) is 24.0 Å². The highest BCUT2D eigenvalue weighted by Gasteiger charge is 2.40. The number of carboxylic acid groups (broad SMARTS) is 1. The molecular weight excluding hydrogens is 244 g/mol. The van der Waals surface area contributed by atoms with Crippen LogP contribution in [0.3, 0.4) is 0 Å². The van der Waals surface area contributed by atoms with Gasteiger partial charge < -0.3 is 15.0 Å². The molecule has 1 heterocycles. The van der Waals surface area contributed by atoms with Gasteiger partial charge in [-0.25, -0.2) is 0 Å². The fourth-order valence-electron chi connectivity index (χ4n) is 2.98. The molecule has 0 saturated heterocycles. The molecule has 19 heavy (non-hydrogen) atoms. The largest absolute Gasteiger partial charge is 0.481 e. The smallest absolute Gasteiger partial charge is 0.305 e. The Balaban J connectivity index is 2.22. The molecule has 0 radical (unpaired) electrons. The van der Waals surface area contributed by atoms with Gasteiger partial charge in [-0.15, -0.1) is 0 Å². The van der Waals surface area contributed by atoms with E-state index in [1.54, 1.807) is 30.3 Å². The van der Waals surface area contributed by atoms with Crippen LogP contribution >= 0.6 is 0 Å². The van der Waals surface area contributed by atoms with E-state index in [4.69, 9.17) is 5.11 Å². The minimum Gasteiger partial charge on any atom is -0.481 e. The number of carbonyl (C=O) groups is 2. The van der Waals surface area contributed by atoms with Gasteiger partial charge in [0.25, 0.3) is 5.91 Å². The Morgan fingerprint density at radius 3 is 2.58 bits per heavy atom. The van der Waals surface area contributed by atoms with Crippen molar-refractivity contribution >= 4 is 11.9 Å². The van der Waals surface area contributed by atoms with Crippen LogP contribution in [0.2, 0.25) is 0 Å². The van der Waals surface area contributed by atoms with Gasteiger partial charge in [0.15, 0.2) is 0 Å². The number of nitrogens with zero attached hydrogens (tertiary/aromatic N) is 1. The van der Waals surface area contributed by atoms with Crippen LogP contribution in [0.25, 0.3) is 0 Å². The summed E-state index contributed by atoms with van der Waals surface area (Å²) in [5, 5.41) is 9.15. The molecule has 0 bridgehead atoms. The lowest BCUT2D eigenvalue weighted by Crippen LogP contribution is -2.52. The molecule has 5 nitrogen and oxygen atoms in total. The van der Waals surface area contributed by atoms with E-state index in [2.05, 4.69) is 4.98 Å². The average Bonchev–Trinajstić information content (AvgIpc) is 2.91. The quantitative estimate of drug-likeness (QED) is 0.876. The molecule has 0 atom stereocenters. The molecule has 1 aromatic heterocycles. The van der Waals surface area contributed by atoms with Gasteiger partial charge in [-0.05, 0) is 25.0 Å². The predicted molar refractivity (Wildman–Crippen MR) is 71.0 cm³/mol. The average molecular weight is 264 g/mol. The Labute approximate surface area is 112 Å². The number of carbonyl (C=O) groups excluding carboxylic acids is 1. The number of H-pyrrole nitrogens is 1. The van der Waals surface area contributed by atoms with Gasteiger partial charge in [-0.2, -0.15) is 0 Å². The van der Waals surface area contributed by atoms with Gasteiger partial charge in [-0.3, -0.25) is 9.59 Å². The third-order valence-corrected chi connectivity index (χ3v) is 4.11. The van der Waals surface area contributed by atoms with Gasteiger partial charge in [0, 0.05) is 13.2 Å². The van der Waals surface area contributed by atoms with E-state index in [0.717, 1.165) is 32.1 Å². The summed E-state index contributed by atoms with van der Waals surface area (Å²) in [7, 11) is 1.72. The van der Waals surface area contributed by atoms with E-state index in [0.29, 0.717) is 5.69 Å². The van der Waals surface area contributed by atoms with Crippen molar-refractivity contribution in [1.29, 1.82) is 0 Å². The van der Waals surface area contributed by atoms with Gasteiger partial charge in [-0.1, -0.05) is 19.3 Å². The first-order valence-corrected chi connectivity index (χ1v) is 6.68. The summed E-state index contributed by atoms with van der Waals surface area (Å²) in [6.45, 7) is 0. The Morgan fingerprint density at radius 2 is 2.05 bits per heavy atom. The van der Waals surface area contributed by atoms with Gasteiger partial charge in [0.05, 0.1) is 12.0 Å². The van der Waals surface area contributed by atoms with Crippen LogP contribution in [0.4, 0.5) is 0 Å². The van der Waals surface area contributed by atoms with E-state index in [9.17, 15) is 9.59 Å². The van der Waals surface area contributed by atoms with Crippen molar-refractivity contribution < 1.29 is 14.7 Å². The van der Waals surface area contributed by atoms with Crippen LogP contribution in [-0.2, 0) is 4.79 Å². The van der Waals surface area contributed by atoms with Crippen LogP contribution in [-0.4, -0.2) is 39.5 Å². The normalized spacial score (nSPS) is 17.9. The summed E-state index contributed by atoms with van der Waals surface area (Å²) < 4.78 is 0. The minimum absolute atomic E-state index is 0.0238. The highest BCUT2D eigenvalue weighted by atomic mass is 16.4. The lowest BCUT2D eigenvalue weighted by atomic mass is 9.78. The van der Waals surface area contributed by atoms with Gasteiger partial charge in [0.1, 0.15) is 5.69 Å². The Kier molecular flexibility index (Phi) is 3.93. The topological polar surface area (TPSA) is 73.4 Å². The fourth-order valence-corrected chi connectivity index (χ4v) is 2.98. The minimum atomic E-state index is -0.840. The van der Waals surface area contributed by atoms with Crippen LogP contribution < -0.4 is 0 Å². The predicted octanol–water partition coefficient (Wildman–Crippen LogP) is 2.26. The maximum Gasteiger partial charge on any atom is 0.305 e. The second-order valence-corrected chi connectivity index (χ2v) is 5.30. The zero-order valence-corrected chi connectivity index (χ0v) is 11.2. The molecule has 1 aliphatic rings. The number of hydrogen-bond acceptors (Lipinski definition) is 2. The van der Waals surface area contributed by atoms with Crippen LogP contribution in [0.15, 0.2) is 18.3 Å². The first-order valence-electron chi connectivity index (χ1n) is 6.68. The number of amides is 1. The van der Waals surface area contributed by atoms with E-state index < -0.39 is 11.5 Å². The zero-order chi connectivity index (χ0) is 13.9. The number of carboxylic acids is 1. The molecule has 0 unspecified atom stereocenters. The molecular formula is C14H20N2O3. The summed E-state index contributed by atoms with van der Waals surface area (Å²) in [4.78, 5) is 28.1. The molecule has 1 aliphatic carbocycles. The standard InChI is InChI=1S/C14H20N2O3/c1-16(13(19)11-6-5-9-15-11)14(10-12(17)18)7-3-2-4-8-14/h5-6,9,15H,2-4,7-8,10H2,1H3,(H,17,18). The summed E-state index contributed by atoms with van der Waals surface area (Å²) in [6.07, 6.45) is 6.34. The van der Waals surface area contributed by atoms with E-state index in [-0.39, 0.29) is 12.3 Å². The van der Waals surface area contributed by atoms with Crippen molar-refractivity contribution in [1.82, 2.24) is 9.88 Å². The SMILES string of the molecule is CN(C(=O)c1ccc[nH]1)C1(CC(=O)O)CCCCC1. The first kappa shape index (κ1) is 13.6. The number of rotatable bonds is 4. The summed E-state index contributed by atoms with van der Waals surface area (Å²) in [5.41, 5.74) is -0.0236. The number of hydrogen-bond donors (Lipinski definition) is 2. The van der Waals surface area contributed by atoms with Gasteiger partial charge >= 0.3 is 5.97 Å². The number of aliphatic carboxylic acids is 1. The van der Waals surface area contributed by atoms with E-state index in [1.165, 1.54) is 0 Å². The molecule has 1 fully saturated rings. The highest BCUT2D eigenvalue weighted by molar-refractivity contribution is 5.93. The maximum absolute atomic E-state index is 12.4. The van der Waals surface area contributed by atoms with Crippen molar-refractivity contribution in [2.24, 2.45) is 0 Å². The van der Waals surface area contributed by atoms with Crippen LogP contribution in [0, 0.1) is 0 Å². The molecule has 2 rings (SSSR count). The summed E-state index contributed by atoms with van der Waals surface area (Å²) >= 11 is 0. The maximum atomic E-state index is 12.4. The monoisotopic (exact) mass is 264 g/mol. The fraction of sp³-hybridized carbons (Fsp3) is 0.571. The zero-order valence-electron chi connectivity index (χ0n) is 11.2. The Morgan fingerprint density at radius 1 is 1.37 bits per heavy atom. The summed E-state index contributed by atoms with van der Waals surface area (Å²) in [6, 6.07) is 3.49. The summed E-state index contributed by atoms with van der Waals surface area (Å²) in [5.74, 6) is -0.971. The van der Waals surface area contributed by atoms with Crippen molar-refractivity contribution in [2.75, 3.05) is 7.05 Å². The lowest BCUT2D eigenvalue weighted by Gasteiger charge is -2.43. The Bertz CT molecular complexity index is 447. The third-order valence-electron chi connectivity index (χ3n) is 4.11. The van der Waals surface area contributed by atoms with Crippen molar-refractivity contribution in [3.63, 3.8) is 0 Å². The third kappa shape index (κ3) is 2.80. The first-order chi connectivity index (χ1) is 9.05. The molecule has 1 aromatic rings. The molecule has 1 saturated carbocycles. The molecule has 2 N–H and O–H groups in total. The van der Waals surface area contributed by atoms with Crippen LogP contribution in [0.5, 0.6) is 0 Å². The molecule has 5 heteroatoms. The number of aromatic amines is 1. The molecule has 0 aromatic carbocycles.